The van der Waals surface area contributed by atoms with Crippen LogP contribution in [-0.2, 0) is 17.8 Å². The third-order valence-corrected chi connectivity index (χ3v) is 7.80. The van der Waals surface area contributed by atoms with Crippen molar-refractivity contribution in [2.75, 3.05) is 37.2 Å². The lowest BCUT2D eigenvalue weighted by Crippen LogP contribution is -2.41. The molecule has 1 amide bonds. The van der Waals surface area contributed by atoms with E-state index in [0.717, 1.165) is 67.3 Å². The number of thioether (sulfide) groups is 1. The number of carbonyl (C=O) groups excluding carboxylic acids is 1. The number of nitrogens with zero attached hydrogens (tertiary/aromatic N) is 5. The number of hydrogen-bond donors (Lipinski definition) is 3. The van der Waals surface area contributed by atoms with Gasteiger partial charge in [0.15, 0.2) is 5.82 Å². The summed E-state index contributed by atoms with van der Waals surface area (Å²) in [7, 11) is 0. The molecule has 180 valence electrons. The molecular formula is C24H31N7O2S. The molecule has 1 fully saturated rings. The van der Waals surface area contributed by atoms with E-state index in [1.807, 2.05) is 4.90 Å². The van der Waals surface area contributed by atoms with Gasteiger partial charge in [-0.2, -0.15) is 5.10 Å². The van der Waals surface area contributed by atoms with Crippen LogP contribution in [0, 0.1) is 0 Å². The van der Waals surface area contributed by atoms with Gasteiger partial charge in [0.2, 0.25) is 5.91 Å². The minimum atomic E-state index is -0.451. The number of rotatable bonds is 7. The zero-order valence-corrected chi connectivity index (χ0v) is 20.2. The minimum Gasteiger partial charge on any atom is -0.391 e. The van der Waals surface area contributed by atoms with E-state index in [1.54, 1.807) is 13.3 Å². The van der Waals surface area contributed by atoms with Crippen molar-refractivity contribution in [3.63, 3.8) is 0 Å². The van der Waals surface area contributed by atoms with Crippen LogP contribution in [0.2, 0.25) is 0 Å². The van der Waals surface area contributed by atoms with Gasteiger partial charge in [-0.15, -0.1) is 0 Å². The summed E-state index contributed by atoms with van der Waals surface area (Å²) in [6.07, 6.45) is 3.90. The van der Waals surface area contributed by atoms with Gasteiger partial charge in [-0.05, 0) is 30.4 Å². The predicted molar refractivity (Wildman–Crippen MR) is 133 cm³/mol. The maximum Gasteiger partial charge on any atom is 0.219 e. The quantitative estimate of drug-likeness (QED) is 0.441. The van der Waals surface area contributed by atoms with E-state index in [1.165, 1.54) is 22.9 Å². The Hall–Kier alpha value is -2.69. The summed E-state index contributed by atoms with van der Waals surface area (Å²) < 4.78 is 0. The minimum absolute atomic E-state index is 0.130. The Balaban J connectivity index is 1.16. The van der Waals surface area contributed by atoms with Gasteiger partial charge in [-0.3, -0.25) is 14.8 Å². The molecule has 1 saturated heterocycles. The molecule has 1 atom stereocenters. The van der Waals surface area contributed by atoms with E-state index >= 15 is 0 Å². The number of hydrogen-bond acceptors (Lipinski definition) is 8. The van der Waals surface area contributed by atoms with E-state index in [2.05, 4.69) is 54.6 Å². The van der Waals surface area contributed by atoms with Crippen LogP contribution >= 0.6 is 11.8 Å². The lowest BCUT2D eigenvalue weighted by Gasteiger charge is -2.31. The highest BCUT2D eigenvalue weighted by Crippen LogP contribution is 2.28. The predicted octanol–water partition coefficient (Wildman–Crippen LogP) is 2.29. The molecule has 34 heavy (non-hydrogen) atoms. The number of aromatic nitrogens is 4. The number of amides is 1. The van der Waals surface area contributed by atoms with E-state index < -0.39 is 6.10 Å². The van der Waals surface area contributed by atoms with Crippen LogP contribution in [0.3, 0.4) is 0 Å². The highest BCUT2D eigenvalue weighted by Gasteiger charge is 2.23. The molecule has 0 radical (unpaired) electrons. The third kappa shape index (κ3) is 5.18. The fourth-order valence-corrected chi connectivity index (χ4v) is 5.65. The molecule has 5 rings (SSSR count). The number of aliphatic hydroxyl groups is 1. The number of fused-ring (bicyclic) bond motifs is 2. The average molecular weight is 482 g/mol. The first-order chi connectivity index (χ1) is 16.6. The second-order valence-electron chi connectivity index (χ2n) is 9.12. The first-order valence-corrected chi connectivity index (χ1v) is 12.9. The van der Waals surface area contributed by atoms with Crippen LogP contribution < -0.4 is 5.32 Å². The van der Waals surface area contributed by atoms with Crippen LogP contribution in [0.1, 0.15) is 30.9 Å². The second-order valence-corrected chi connectivity index (χ2v) is 10.1. The van der Waals surface area contributed by atoms with E-state index in [0.29, 0.717) is 12.3 Å². The van der Waals surface area contributed by atoms with Gasteiger partial charge in [-0.25, -0.2) is 9.97 Å². The Labute approximate surface area is 203 Å². The van der Waals surface area contributed by atoms with E-state index in [9.17, 15) is 9.90 Å². The van der Waals surface area contributed by atoms with Crippen LogP contribution in [0.15, 0.2) is 35.6 Å². The number of aliphatic hydroxyl groups excluding tert-OH is 1. The van der Waals surface area contributed by atoms with Crippen molar-refractivity contribution >= 4 is 34.5 Å². The summed E-state index contributed by atoms with van der Waals surface area (Å²) in [5, 5.41) is 22.5. The van der Waals surface area contributed by atoms with Gasteiger partial charge in [-0.1, -0.05) is 36.0 Å². The Morgan fingerprint density at radius 3 is 2.82 bits per heavy atom. The average Bonchev–Trinajstić information content (AvgIpc) is 3.27. The van der Waals surface area contributed by atoms with Crippen molar-refractivity contribution in [2.24, 2.45) is 0 Å². The Morgan fingerprint density at radius 2 is 2.03 bits per heavy atom. The Morgan fingerprint density at radius 1 is 1.24 bits per heavy atom. The number of piperidine rings is 1. The van der Waals surface area contributed by atoms with Crippen molar-refractivity contribution in [2.45, 2.75) is 49.9 Å². The summed E-state index contributed by atoms with van der Waals surface area (Å²) >= 11 is 1.52. The molecule has 10 heteroatoms. The molecular weight excluding hydrogens is 450 g/mol. The molecule has 0 spiro atoms. The molecule has 2 aliphatic heterocycles. The van der Waals surface area contributed by atoms with Crippen LogP contribution in [0.5, 0.6) is 0 Å². The molecule has 2 aromatic heterocycles. The Bertz CT molecular complexity index is 1150. The van der Waals surface area contributed by atoms with E-state index in [-0.39, 0.29) is 11.9 Å². The second kappa shape index (κ2) is 10.3. The molecule has 0 aliphatic carbocycles. The smallest absolute Gasteiger partial charge is 0.219 e. The van der Waals surface area contributed by atoms with Crippen molar-refractivity contribution in [1.82, 2.24) is 30.0 Å². The molecule has 1 aromatic carbocycles. The molecule has 0 unspecified atom stereocenters. The van der Waals surface area contributed by atoms with Crippen molar-refractivity contribution in [3.05, 3.63) is 41.7 Å². The van der Waals surface area contributed by atoms with E-state index in [4.69, 9.17) is 0 Å². The van der Waals surface area contributed by atoms with Crippen LogP contribution in [-0.4, -0.2) is 85.1 Å². The number of H-pyrrole nitrogens is 1. The van der Waals surface area contributed by atoms with Gasteiger partial charge in [0, 0.05) is 51.4 Å². The first kappa shape index (κ1) is 23.1. The van der Waals surface area contributed by atoms with Crippen molar-refractivity contribution in [3.8, 4) is 0 Å². The third-order valence-electron chi connectivity index (χ3n) is 6.69. The van der Waals surface area contributed by atoms with Gasteiger partial charge in [0.25, 0.3) is 0 Å². The summed E-state index contributed by atoms with van der Waals surface area (Å²) in [6, 6.07) is 8.80. The number of benzene rings is 1. The number of β-amino-alcohol motifs (C(OH)–C–C–N with tert-alkyl or cyclic N) is 1. The highest BCUT2D eigenvalue weighted by molar-refractivity contribution is 7.99. The largest absolute Gasteiger partial charge is 0.391 e. The summed E-state index contributed by atoms with van der Waals surface area (Å²) in [5.41, 5.74) is 4.32. The number of carbonyl (C=O) groups is 1. The molecule has 4 heterocycles. The maximum atomic E-state index is 11.6. The van der Waals surface area contributed by atoms with Crippen LogP contribution in [0.25, 0.3) is 11.0 Å². The topological polar surface area (TPSA) is 110 Å². The molecule has 3 N–H and O–H groups in total. The van der Waals surface area contributed by atoms with Crippen molar-refractivity contribution in [1.29, 1.82) is 0 Å². The first-order valence-electron chi connectivity index (χ1n) is 11.9. The lowest BCUT2D eigenvalue weighted by molar-refractivity contribution is -0.129. The number of likely N-dealkylation sites (tertiary alicyclic amines) is 1. The standard InChI is InChI=1S/C24H31N7O2S/c1-16(32)31-10-7-19(8-11-31)27-23-21-22(25-15-26-23)24(29-28-21)34-14-20(33)13-30-9-6-17-4-2-3-5-18(17)12-30/h2-5,15,19-20,33H,6-14H2,1H3,(H,28,29)(H,25,26,27)/t20-/m0/s1. The number of aromatic amines is 1. The van der Waals surface area contributed by atoms with Gasteiger partial charge < -0.3 is 15.3 Å². The lowest BCUT2D eigenvalue weighted by atomic mass is 10.00. The number of anilines is 1. The SMILES string of the molecule is CC(=O)N1CCC(Nc2ncnc3c(SC[C@@H](O)CN4CCc5ccccc5C4)n[nH]c23)CC1. The molecule has 2 aliphatic rings. The molecule has 0 bridgehead atoms. The fourth-order valence-electron chi connectivity index (χ4n) is 4.79. The zero-order valence-electron chi connectivity index (χ0n) is 19.4. The van der Waals surface area contributed by atoms with Crippen LogP contribution in [0.4, 0.5) is 5.82 Å². The Kier molecular flexibility index (Phi) is 6.98. The number of nitrogens with one attached hydrogen (secondary N) is 2. The summed E-state index contributed by atoms with van der Waals surface area (Å²) in [4.78, 5) is 24.6. The monoisotopic (exact) mass is 481 g/mol. The normalized spacial score (nSPS) is 18.1. The zero-order chi connectivity index (χ0) is 23.5. The molecule has 0 saturated carbocycles. The van der Waals surface area contributed by atoms with Gasteiger partial charge in [0.05, 0.1) is 6.10 Å². The molecule has 9 nitrogen and oxygen atoms in total. The van der Waals surface area contributed by atoms with Gasteiger partial charge in [0.1, 0.15) is 22.4 Å². The highest BCUT2D eigenvalue weighted by atomic mass is 32.2. The summed E-state index contributed by atoms with van der Waals surface area (Å²) in [5.74, 6) is 1.41. The summed E-state index contributed by atoms with van der Waals surface area (Å²) in [6.45, 7) is 5.63. The maximum absolute atomic E-state index is 11.6. The fraction of sp³-hybridized carbons (Fsp3) is 0.500. The molecule has 3 aromatic rings. The van der Waals surface area contributed by atoms with Crippen molar-refractivity contribution < 1.29 is 9.90 Å². The van der Waals surface area contributed by atoms with Gasteiger partial charge >= 0.3 is 0 Å².